The number of amides is 1. The molecule has 0 atom stereocenters. The summed E-state index contributed by atoms with van der Waals surface area (Å²) >= 11 is 0. The Bertz CT molecular complexity index is 1170. The number of carbonyl (C=O) groups excluding carboxylic acids is 1. The average molecular weight is 485 g/mol. The van der Waals surface area contributed by atoms with Crippen molar-refractivity contribution in [1.29, 1.82) is 0 Å². The number of rotatable bonds is 6. The number of benzene rings is 1. The molecule has 7 nitrogen and oxygen atoms in total. The van der Waals surface area contributed by atoms with Gasteiger partial charge in [-0.3, -0.25) is 4.79 Å². The predicted molar refractivity (Wildman–Crippen MR) is 131 cm³/mol. The summed E-state index contributed by atoms with van der Waals surface area (Å²) in [6, 6.07) is 5.59. The summed E-state index contributed by atoms with van der Waals surface area (Å²) in [6.45, 7) is 1.18. The minimum absolute atomic E-state index is 0.123. The molecular weight excluding hydrogens is 448 g/mol. The molecule has 34 heavy (non-hydrogen) atoms. The zero-order valence-electron chi connectivity index (χ0n) is 20.1. The lowest BCUT2D eigenvalue weighted by Crippen LogP contribution is -2.55. The van der Waals surface area contributed by atoms with Crippen LogP contribution in [0.2, 0.25) is 0 Å². The van der Waals surface area contributed by atoms with Gasteiger partial charge < -0.3 is 9.88 Å². The van der Waals surface area contributed by atoms with Crippen molar-refractivity contribution in [1.82, 2.24) is 19.2 Å². The maximum absolute atomic E-state index is 13.1. The van der Waals surface area contributed by atoms with Crippen LogP contribution in [-0.4, -0.2) is 47.3 Å². The topological polar surface area (TPSA) is 84.3 Å². The zero-order valence-corrected chi connectivity index (χ0v) is 20.9. The molecule has 5 aliphatic rings. The molecule has 4 aliphatic carbocycles. The lowest BCUT2D eigenvalue weighted by Gasteiger charge is -2.54. The molecule has 0 unspecified atom stereocenters. The SMILES string of the molecule is Cn1c(CCC(=O)NC2C3CC4CC(C3)CC2C4)nc2cc(S(=O)(=O)N3CCCCC3)ccc21. The molecule has 0 spiro atoms. The first-order valence-corrected chi connectivity index (χ1v) is 14.6. The van der Waals surface area contributed by atoms with Crippen LogP contribution >= 0.6 is 0 Å². The fourth-order valence-corrected chi connectivity index (χ4v) is 9.05. The number of aromatic nitrogens is 2. The van der Waals surface area contributed by atoms with E-state index in [1.165, 1.54) is 32.1 Å². The number of sulfonamides is 1. The van der Waals surface area contributed by atoms with Crippen LogP contribution in [0.4, 0.5) is 0 Å². The van der Waals surface area contributed by atoms with Crippen LogP contribution in [0, 0.1) is 23.7 Å². The molecule has 1 aliphatic heterocycles. The van der Waals surface area contributed by atoms with Crippen molar-refractivity contribution in [2.45, 2.75) is 75.1 Å². The number of hydrogen-bond acceptors (Lipinski definition) is 4. The summed E-state index contributed by atoms with van der Waals surface area (Å²) in [7, 11) is -1.54. The van der Waals surface area contributed by atoms with Crippen molar-refractivity contribution in [3.8, 4) is 0 Å². The largest absolute Gasteiger partial charge is 0.353 e. The number of piperidine rings is 1. The smallest absolute Gasteiger partial charge is 0.243 e. The average Bonchev–Trinajstić information content (AvgIpc) is 3.15. The van der Waals surface area contributed by atoms with E-state index in [4.69, 9.17) is 4.98 Å². The van der Waals surface area contributed by atoms with Crippen molar-refractivity contribution < 1.29 is 13.2 Å². The zero-order chi connectivity index (χ0) is 23.4. The van der Waals surface area contributed by atoms with E-state index in [9.17, 15) is 13.2 Å². The third kappa shape index (κ3) is 3.96. The van der Waals surface area contributed by atoms with Gasteiger partial charge in [0.2, 0.25) is 15.9 Å². The molecule has 1 amide bonds. The Morgan fingerprint density at radius 2 is 1.71 bits per heavy atom. The van der Waals surface area contributed by atoms with Crippen LogP contribution in [0.5, 0.6) is 0 Å². The van der Waals surface area contributed by atoms with Gasteiger partial charge in [-0.25, -0.2) is 13.4 Å². The number of aryl methyl sites for hydroxylation is 2. The van der Waals surface area contributed by atoms with Gasteiger partial charge >= 0.3 is 0 Å². The van der Waals surface area contributed by atoms with E-state index in [2.05, 4.69) is 5.32 Å². The highest BCUT2D eigenvalue weighted by Crippen LogP contribution is 2.53. The Balaban J connectivity index is 1.13. The lowest BCUT2D eigenvalue weighted by molar-refractivity contribution is -0.125. The van der Waals surface area contributed by atoms with Gasteiger partial charge in [0.1, 0.15) is 5.82 Å². The van der Waals surface area contributed by atoms with Gasteiger partial charge in [-0.2, -0.15) is 4.31 Å². The van der Waals surface area contributed by atoms with Gasteiger partial charge in [-0.15, -0.1) is 0 Å². The molecule has 184 valence electrons. The van der Waals surface area contributed by atoms with Crippen molar-refractivity contribution in [3.63, 3.8) is 0 Å². The second-order valence-corrected chi connectivity index (χ2v) is 13.2. The van der Waals surface area contributed by atoms with Gasteiger partial charge in [-0.05, 0) is 86.8 Å². The van der Waals surface area contributed by atoms with Gasteiger partial charge in [0, 0.05) is 39.0 Å². The van der Waals surface area contributed by atoms with Gasteiger partial charge in [0.25, 0.3) is 0 Å². The Morgan fingerprint density at radius 1 is 1.03 bits per heavy atom. The lowest BCUT2D eigenvalue weighted by atomic mass is 9.54. The first-order valence-electron chi connectivity index (χ1n) is 13.1. The number of hydrogen-bond donors (Lipinski definition) is 1. The molecule has 1 saturated heterocycles. The molecule has 0 radical (unpaired) electrons. The second-order valence-electron chi connectivity index (χ2n) is 11.2. The molecule has 8 heteroatoms. The fraction of sp³-hybridized carbons (Fsp3) is 0.692. The number of imidazole rings is 1. The molecule has 2 aromatic rings. The number of carbonyl (C=O) groups is 1. The third-order valence-corrected chi connectivity index (χ3v) is 10.9. The van der Waals surface area contributed by atoms with E-state index in [0.29, 0.717) is 54.2 Å². The van der Waals surface area contributed by atoms with E-state index in [1.54, 1.807) is 16.4 Å². The highest BCUT2D eigenvalue weighted by atomic mass is 32.2. The Kier molecular flexibility index (Phi) is 5.72. The van der Waals surface area contributed by atoms with Crippen LogP contribution in [0.3, 0.4) is 0 Å². The van der Waals surface area contributed by atoms with Crippen LogP contribution in [0.1, 0.15) is 63.6 Å². The van der Waals surface area contributed by atoms with Crippen molar-refractivity contribution in [2.24, 2.45) is 30.7 Å². The van der Waals surface area contributed by atoms with E-state index in [-0.39, 0.29) is 5.91 Å². The Labute approximate surface area is 202 Å². The van der Waals surface area contributed by atoms with E-state index >= 15 is 0 Å². The third-order valence-electron chi connectivity index (χ3n) is 9.03. The molecule has 1 aromatic carbocycles. The predicted octanol–water partition coefficient (Wildman–Crippen LogP) is 3.62. The molecule has 1 aromatic heterocycles. The van der Waals surface area contributed by atoms with E-state index in [1.807, 2.05) is 17.7 Å². The minimum atomic E-state index is -3.49. The summed E-state index contributed by atoms with van der Waals surface area (Å²) in [6.07, 6.45) is 10.5. The molecule has 5 fully saturated rings. The van der Waals surface area contributed by atoms with Crippen LogP contribution in [0.15, 0.2) is 23.1 Å². The van der Waals surface area contributed by atoms with Gasteiger partial charge in [0.15, 0.2) is 0 Å². The second kappa shape index (κ2) is 8.63. The van der Waals surface area contributed by atoms with Crippen molar-refractivity contribution in [2.75, 3.05) is 13.1 Å². The first-order chi connectivity index (χ1) is 16.4. The van der Waals surface area contributed by atoms with Crippen molar-refractivity contribution in [3.05, 3.63) is 24.0 Å². The highest BCUT2D eigenvalue weighted by Gasteiger charge is 2.48. The van der Waals surface area contributed by atoms with E-state index in [0.717, 1.165) is 42.4 Å². The van der Waals surface area contributed by atoms with E-state index < -0.39 is 10.0 Å². The quantitative estimate of drug-likeness (QED) is 0.679. The summed E-state index contributed by atoms with van der Waals surface area (Å²) in [5.41, 5.74) is 1.58. The summed E-state index contributed by atoms with van der Waals surface area (Å²) in [5, 5.41) is 3.39. The molecule has 2 heterocycles. The molecular formula is C26H36N4O3S. The minimum Gasteiger partial charge on any atom is -0.353 e. The maximum Gasteiger partial charge on any atom is 0.243 e. The molecule has 7 rings (SSSR count). The number of nitrogens with zero attached hydrogens (tertiary/aromatic N) is 3. The standard InChI is InChI=1S/C26H36N4O3S/c1-29-23-6-5-21(34(32,33)30-9-3-2-4-10-30)16-22(23)27-24(29)7-8-25(31)28-26-19-12-17-11-18(14-19)15-20(26)13-17/h5-6,16-20,26H,2-4,7-15H2,1H3,(H,28,31). The molecule has 1 N–H and O–H groups in total. The van der Waals surface area contributed by atoms with Crippen LogP contribution < -0.4 is 5.32 Å². The Morgan fingerprint density at radius 3 is 2.38 bits per heavy atom. The first kappa shape index (κ1) is 22.5. The monoisotopic (exact) mass is 484 g/mol. The normalized spacial score (nSPS) is 31.3. The molecule has 4 saturated carbocycles. The summed E-state index contributed by atoms with van der Waals surface area (Å²) in [5.74, 6) is 4.10. The number of fused-ring (bicyclic) bond motifs is 1. The maximum atomic E-state index is 13.1. The van der Waals surface area contributed by atoms with Gasteiger partial charge in [-0.1, -0.05) is 6.42 Å². The summed E-state index contributed by atoms with van der Waals surface area (Å²) in [4.78, 5) is 17.9. The van der Waals surface area contributed by atoms with Crippen LogP contribution in [0.25, 0.3) is 11.0 Å². The van der Waals surface area contributed by atoms with Crippen molar-refractivity contribution >= 4 is 27.0 Å². The van der Waals surface area contributed by atoms with Gasteiger partial charge in [0.05, 0.1) is 15.9 Å². The number of nitrogens with one attached hydrogen (secondary N) is 1. The Hall–Kier alpha value is -1.93. The fourth-order valence-electron chi connectivity index (χ4n) is 7.51. The van der Waals surface area contributed by atoms with Crippen LogP contribution in [-0.2, 0) is 28.3 Å². The summed E-state index contributed by atoms with van der Waals surface area (Å²) < 4.78 is 29.7. The highest BCUT2D eigenvalue weighted by molar-refractivity contribution is 7.89. The molecule has 4 bridgehead atoms.